The van der Waals surface area contributed by atoms with Gasteiger partial charge in [0.15, 0.2) is 17.2 Å². The molecule has 3 aromatic heterocycles. The van der Waals surface area contributed by atoms with Gasteiger partial charge >= 0.3 is 6.18 Å². The van der Waals surface area contributed by atoms with Crippen molar-refractivity contribution >= 4 is 47.0 Å². The maximum Gasteiger partial charge on any atom is 0.435 e. The molecule has 18 heteroatoms. The highest BCUT2D eigenvalue weighted by Crippen LogP contribution is 2.37. The molecule has 45 heavy (non-hydrogen) atoms. The van der Waals surface area contributed by atoms with Gasteiger partial charge < -0.3 is 26.8 Å². The second kappa shape index (κ2) is 13.6. The summed E-state index contributed by atoms with van der Waals surface area (Å²) < 4.78 is 43.4. The summed E-state index contributed by atoms with van der Waals surface area (Å²) in [5.41, 5.74) is 5.20. The van der Waals surface area contributed by atoms with Crippen molar-refractivity contribution in [3.05, 3.63) is 59.3 Å². The van der Waals surface area contributed by atoms with E-state index in [0.29, 0.717) is 18.5 Å². The number of nitrogens with zero attached hydrogens (tertiary/aromatic N) is 6. The molecule has 0 radical (unpaired) electrons. The lowest BCUT2D eigenvalue weighted by atomic mass is 9.87. The summed E-state index contributed by atoms with van der Waals surface area (Å²) in [6.07, 6.45) is 1.84. The molecule has 1 unspecified atom stereocenters. The van der Waals surface area contributed by atoms with E-state index in [2.05, 4.69) is 31.0 Å². The lowest BCUT2D eigenvalue weighted by Crippen LogP contribution is -2.54. The van der Waals surface area contributed by atoms with Crippen molar-refractivity contribution in [3.63, 3.8) is 0 Å². The third kappa shape index (κ3) is 7.48. The average molecular weight is 647 g/mol. The molecule has 3 heterocycles. The van der Waals surface area contributed by atoms with Crippen LogP contribution in [0.3, 0.4) is 0 Å². The van der Waals surface area contributed by atoms with E-state index >= 15 is 0 Å². The Labute approximate surface area is 258 Å². The van der Waals surface area contributed by atoms with Crippen LogP contribution >= 0.6 is 11.6 Å². The first-order valence-electron chi connectivity index (χ1n) is 13.2. The zero-order chi connectivity index (χ0) is 32.9. The van der Waals surface area contributed by atoms with Gasteiger partial charge in [0, 0.05) is 36.4 Å². The van der Waals surface area contributed by atoms with Gasteiger partial charge in [-0.25, -0.2) is 9.97 Å². The lowest BCUT2D eigenvalue weighted by Gasteiger charge is -2.33. The first-order valence-corrected chi connectivity index (χ1v) is 13.6. The zero-order valence-corrected chi connectivity index (χ0v) is 24.2. The van der Waals surface area contributed by atoms with E-state index in [1.165, 1.54) is 35.1 Å². The summed E-state index contributed by atoms with van der Waals surface area (Å²) in [5.74, 6) is -0.668. The van der Waals surface area contributed by atoms with E-state index in [1.54, 1.807) is 19.1 Å². The maximum absolute atomic E-state index is 13.7. The van der Waals surface area contributed by atoms with Gasteiger partial charge in [-0.3, -0.25) is 23.5 Å². The summed E-state index contributed by atoms with van der Waals surface area (Å²) >= 11 is 6.38. The van der Waals surface area contributed by atoms with E-state index in [9.17, 15) is 22.8 Å². The minimum absolute atomic E-state index is 0.00186. The number of benzene rings is 1. The van der Waals surface area contributed by atoms with Crippen LogP contribution < -0.4 is 21.7 Å². The molecule has 1 atom stereocenters. The average Bonchev–Trinajstić information content (AvgIpc) is 3.58. The minimum atomic E-state index is -4.76. The summed E-state index contributed by atoms with van der Waals surface area (Å²) in [7, 11) is 0. The van der Waals surface area contributed by atoms with Crippen LogP contribution in [0.2, 0.25) is 5.02 Å². The number of halogens is 4. The number of amides is 2. The summed E-state index contributed by atoms with van der Waals surface area (Å²) in [6.45, 7) is 0.956. The second-order valence-electron chi connectivity index (χ2n) is 9.91. The smallest absolute Gasteiger partial charge is 0.435 e. The largest absolute Gasteiger partial charge is 0.483 e. The summed E-state index contributed by atoms with van der Waals surface area (Å²) in [6, 6.07) is 5.54. The quantitative estimate of drug-likeness (QED) is 0.177. The fourth-order valence-corrected chi connectivity index (χ4v) is 4.80. The zero-order valence-electron chi connectivity index (χ0n) is 23.4. The van der Waals surface area contributed by atoms with Crippen molar-refractivity contribution in [1.82, 2.24) is 34.8 Å². The molecule has 1 aromatic carbocycles. The Hall–Kier alpha value is -5.21. The number of rotatable bonds is 8. The number of alkyl halides is 3. The molecule has 0 bridgehead atoms. The number of nitriles is 1. The fraction of sp³-hybridized carbons (Fsp3) is 0.296. The third-order valence-electron chi connectivity index (χ3n) is 6.71. The van der Waals surface area contributed by atoms with Crippen LogP contribution in [0.1, 0.15) is 35.8 Å². The predicted octanol–water partition coefficient (Wildman–Crippen LogP) is 2.96. The number of aromatic nitrogens is 5. The van der Waals surface area contributed by atoms with Crippen molar-refractivity contribution in [2.75, 3.05) is 5.32 Å². The topological polar surface area (TPSA) is 205 Å². The van der Waals surface area contributed by atoms with Crippen LogP contribution in [0.4, 0.5) is 24.7 Å². The number of carbonyl (C=O) groups excluding carboxylic acids is 2. The monoisotopic (exact) mass is 646 g/mol. The normalized spacial score (nSPS) is 16.4. The number of nitrogens with one attached hydrogen (secondary N) is 3. The fourth-order valence-electron chi connectivity index (χ4n) is 4.54. The molecular weight excluding hydrogens is 621 g/mol. The van der Waals surface area contributed by atoms with Crippen molar-refractivity contribution in [2.24, 2.45) is 5.73 Å². The van der Waals surface area contributed by atoms with Crippen molar-refractivity contribution < 1.29 is 32.7 Å². The molecule has 1 fully saturated rings. The molecule has 1 aliphatic rings. The molecule has 4 aromatic rings. The van der Waals surface area contributed by atoms with Gasteiger partial charge in [-0.1, -0.05) is 11.6 Å². The van der Waals surface area contributed by atoms with Gasteiger partial charge in [-0.15, -0.1) is 0 Å². The van der Waals surface area contributed by atoms with E-state index in [1.807, 2.05) is 0 Å². The van der Waals surface area contributed by atoms with Gasteiger partial charge in [-0.05, 0) is 38.0 Å². The van der Waals surface area contributed by atoms with Gasteiger partial charge in [-0.2, -0.15) is 23.5 Å². The lowest BCUT2D eigenvalue weighted by molar-refractivity contribution is -0.141. The summed E-state index contributed by atoms with van der Waals surface area (Å²) in [4.78, 5) is 42.0. The number of nitrogens with two attached hydrogens (primary N) is 1. The van der Waals surface area contributed by atoms with Crippen LogP contribution in [-0.4, -0.2) is 65.7 Å². The number of carbonyl (C=O) groups is 3. The molecule has 236 valence electrons. The molecule has 0 spiro atoms. The molecule has 0 aliphatic heterocycles. The summed E-state index contributed by atoms with van der Waals surface area (Å²) in [5, 5.41) is 27.9. The molecular formula is C27H26ClF3N10O4. The Balaban J connectivity index is 0.00000148. The third-order valence-corrected chi connectivity index (χ3v) is 7.02. The van der Waals surface area contributed by atoms with Crippen molar-refractivity contribution in [2.45, 2.75) is 50.6 Å². The van der Waals surface area contributed by atoms with Gasteiger partial charge in [0.2, 0.25) is 5.91 Å². The molecule has 1 saturated carbocycles. The molecule has 5 rings (SSSR count). The Bertz CT molecular complexity index is 1760. The van der Waals surface area contributed by atoms with Crippen molar-refractivity contribution in [1.29, 1.82) is 5.26 Å². The SMILES string of the molecule is CC(NC(=O)c1ccc(Nc2nccn3c(-c4cn(CC#N)nc4C(F)(F)F)cnc23)cc1Cl)C(=O)NC1CC(N)C1.O=CO. The van der Waals surface area contributed by atoms with Crippen molar-refractivity contribution in [3.8, 4) is 17.3 Å². The first-order chi connectivity index (χ1) is 21.4. The number of imidazole rings is 1. The van der Waals surface area contributed by atoms with Gasteiger partial charge in [0.25, 0.3) is 12.4 Å². The van der Waals surface area contributed by atoms with Crippen LogP contribution in [0.15, 0.2) is 43.0 Å². The Morgan fingerprint density at radius 3 is 2.64 bits per heavy atom. The highest BCUT2D eigenvalue weighted by atomic mass is 35.5. The van der Waals surface area contributed by atoms with Crippen LogP contribution in [0, 0.1) is 11.3 Å². The standard InChI is InChI=1S/C26H24ClF3N10O2.CH2O2/c1-13(24(41)37-16-8-14(32)9-16)35-25(42)17-3-2-15(10-19(17)27)36-22-23-34-11-20(40(23)7-5-33-22)18-12-39(6-4-31)38-21(18)26(28,29)30;2-1-3/h2-3,5,7,10-14,16H,6,8-9,32H2,1H3,(H,33,36)(H,35,42)(H,37,41);1H,(H,2,3). The van der Waals surface area contributed by atoms with Crippen LogP contribution in [-0.2, 0) is 22.3 Å². The van der Waals surface area contributed by atoms with E-state index in [4.69, 9.17) is 32.5 Å². The van der Waals surface area contributed by atoms with E-state index in [0.717, 1.165) is 10.9 Å². The number of hydrogen-bond donors (Lipinski definition) is 5. The molecule has 2 amide bonds. The highest BCUT2D eigenvalue weighted by Gasteiger charge is 2.38. The maximum atomic E-state index is 13.7. The second-order valence-corrected chi connectivity index (χ2v) is 10.3. The Morgan fingerprint density at radius 1 is 1.31 bits per heavy atom. The number of carboxylic acid groups (broad SMARTS) is 1. The van der Waals surface area contributed by atoms with Crippen LogP contribution in [0.5, 0.6) is 0 Å². The Morgan fingerprint density at radius 2 is 2.02 bits per heavy atom. The van der Waals surface area contributed by atoms with Crippen LogP contribution in [0.25, 0.3) is 16.9 Å². The molecule has 6 N–H and O–H groups in total. The number of anilines is 2. The highest BCUT2D eigenvalue weighted by molar-refractivity contribution is 6.34. The van der Waals surface area contributed by atoms with Gasteiger partial charge in [0.05, 0.1) is 34.1 Å². The number of fused-ring (bicyclic) bond motifs is 1. The van der Waals surface area contributed by atoms with E-state index in [-0.39, 0.29) is 64.3 Å². The molecule has 1 aliphatic carbocycles. The number of hydrogen-bond acceptors (Lipinski definition) is 9. The molecule has 14 nitrogen and oxygen atoms in total. The minimum Gasteiger partial charge on any atom is -0.483 e. The van der Waals surface area contributed by atoms with Gasteiger partial charge in [0.1, 0.15) is 12.6 Å². The van der Waals surface area contributed by atoms with E-state index < -0.39 is 23.8 Å². The first kappa shape index (κ1) is 32.7. The Kier molecular flexibility index (Phi) is 9.89. The molecule has 0 saturated heterocycles. The predicted molar refractivity (Wildman–Crippen MR) is 154 cm³/mol.